The number of rotatable bonds is 6. The zero-order chi connectivity index (χ0) is 20.2. The molecular weight excluding hydrogens is 377 g/mol. The summed E-state index contributed by atoms with van der Waals surface area (Å²) in [6, 6.07) is 10.2. The van der Waals surface area contributed by atoms with Gasteiger partial charge in [-0.1, -0.05) is 6.07 Å². The lowest BCUT2D eigenvalue weighted by Crippen LogP contribution is -2.38. The van der Waals surface area contributed by atoms with Crippen LogP contribution in [0.25, 0.3) is 0 Å². The van der Waals surface area contributed by atoms with Gasteiger partial charge in [0, 0.05) is 31.3 Å². The van der Waals surface area contributed by atoms with E-state index in [2.05, 4.69) is 4.90 Å². The summed E-state index contributed by atoms with van der Waals surface area (Å²) < 4.78 is 29.7. The van der Waals surface area contributed by atoms with Crippen LogP contribution in [0.3, 0.4) is 0 Å². The standard InChI is InChI=1S/C22H20FNO5/c23-15-4-6-16(7-5-15)29-20-14-18(25)21-17(22(20)26)2-1-3-19(21)28-13-10-24-8-11-27-12-9-24/h1-7,14H,8-13H2. The number of morpholine rings is 1. The largest absolute Gasteiger partial charge is 0.491 e. The SMILES string of the molecule is O=C1C(Oc2ccc(F)cc2)=CC(=O)c2c(OCCN3CCOCC3)cccc21. The highest BCUT2D eigenvalue weighted by Crippen LogP contribution is 2.30. The van der Waals surface area contributed by atoms with Crippen LogP contribution >= 0.6 is 0 Å². The first-order chi connectivity index (χ1) is 14.1. The van der Waals surface area contributed by atoms with E-state index in [1.54, 1.807) is 18.2 Å². The Hall–Kier alpha value is -3.03. The van der Waals surface area contributed by atoms with Gasteiger partial charge < -0.3 is 14.2 Å². The number of nitrogens with zero attached hydrogens (tertiary/aromatic N) is 1. The van der Waals surface area contributed by atoms with E-state index in [4.69, 9.17) is 14.2 Å². The van der Waals surface area contributed by atoms with E-state index in [1.165, 1.54) is 24.3 Å². The average Bonchev–Trinajstić information content (AvgIpc) is 2.74. The molecule has 0 aromatic heterocycles. The van der Waals surface area contributed by atoms with Gasteiger partial charge in [0.1, 0.15) is 23.9 Å². The smallest absolute Gasteiger partial charge is 0.229 e. The molecule has 1 aliphatic carbocycles. The summed E-state index contributed by atoms with van der Waals surface area (Å²) in [5, 5.41) is 0. The Bertz CT molecular complexity index is 948. The van der Waals surface area contributed by atoms with Crippen LogP contribution in [0.1, 0.15) is 20.7 Å². The molecular formula is C22H20FNO5. The van der Waals surface area contributed by atoms with Gasteiger partial charge >= 0.3 is 0 Å². The van der Waals surface area contributed by atoms with Crippen LogP contribution in [0.2, 0.25) is 0 Å². The molecule has 0 atom stereocenters. The van der Waals surface area contributed by atoms with Gasteiger partial charge in [-0.3, -0.25) is 14.5 Å². The van der Waals surface area contributed by atoms with Crippen molar-refractivity contribution in [3.63, 3.8) is 0 Å². The van der Waals surface area contributed by atoms with Crippen LogP contribution in [0.5, 0.6) is 11.5 Å². The molecule has 29 heavy (non-hydrogen) atoms. The molecule has 0 bridgehead atoms. The van der Waals surface area contributed by atoms with E-state index in [-0.39, 0.29) is 28.4 Å². The van der Waals surface area contributed by atoms with Crippen molar-refractivity contribution >= 4 is 11.6 Å². The van der Waals surface area contributed by atoms with Crippen molar-refractivity contribution in [3.05, 3.63) is 71.2 Å². The second kappa shape index (κ2) is 8.55. The van der Waals surface area contributed by atoms with E-state index in [9.17, 15) is 14.0 Å². The Balaban J connectivity index is 1.48. The molecule has 0 spiro atoms. The Morgan fingerprint density at radius 1 is 1.03 bits per heavy atom. The van der Waals surface area contributed by atoms with E-state index < -0.39 is 11.6 Å². The quantitative estimate of drug-likeness (QED) is 0.747. The number of carbonyl (C=O) groups is 2. The van der Waals surface area contributed by atoms with E-state index >= 15 is 0 Å². The molecule has 0 saturated carbocycles. The molecule has 1 saturated heterocycles. The van der Waals surface area contributed by atoms with Crippen LogP contribution < -0.4 is 9.47 Å². The maximum atomic E-state index is 13.1. The number of benzene rings is 2. The molecule has 7 heteroatoms. The fraction of sp³-hybridized carbons (Fsp3) is 0.273. The molecule has 0 radical (unpaired) electrons. The predicted octanol–water partition coefficient (Wildman–Crippen LogP) is 2.88. The molecule has 1 fully saturated rings. The number of hydrogen-bond donors (Lipinski definition) is 0. The predicted molar refractivity (Wildman–Crippen MR) is 103 cm³/mol. The monoisotopic (exact) mass is 397 g/mol. The summed E-state index contributed by atoms with van der Waals surface area (Å²) in [6.45, 7) is 4.22. The highest BCUT2D eigenvalue weighted by molar-refractivity contribution is 6.24. The molecule has 2 aromatic carbocycles. The zero-order valence-corrected chi connectivity index (χ0v) is 15.7. The number of carbonyl (C=O) groups excluding carboxylic acids is 2. The minimum atomic E-state index is -0.415. The fourth-order valence-electron chi connectivity index (χ4n) is 3.30. The van der Waals surface area contributed by atoms with Gasteiger partial charge in [0.15, 0.2) is 11.5 Å². The lowest BCUT2D eigenvalue weighted by Gasteiger charge is -2.26. The third-order valence-corrected chi connectivity index (χ3v) is 4.81. The van der Waals surface area contributed by atoms with E-state index in [0.717, 1.165) is 19.2 Å². The zero-order valence-electron chi connectivity index (χ0n) is 15.7. The molecule has 0 N–H and O–H groups in total. The van der Waals surface area contributed by atoms with Gasteiger partial charge in [0.2, 0.25) is 5.78 Å². The minimum absolute atomic E-state index is 0.0976. The van der Waals surface area contributed by atoms with Gasteiger partial charge in [0.25, 0.3) is 0 Å². The molecule has 1 heterocycles. The van der Waals surface area contributed by atoms with Gasteiger partial charge in [0.05, 0.1) is 18.8 Å². The number of hydrogen-bond acceptors (Lipinski definition) is 6. The van der Waals surface area contributed by atoms with Crippen molar-refractivity contribution in [3.8, 4) is 11.5 Å². The molecule has 150 valence electrons. The summed E-state index contributed by atoms with van der Waals surface area (Å²) in [5.41, 5.74) is 0.476. The Labute approximate surface area is 167 Å². The molecule has 0 unspecified atom stereocenters. The topological polar surface area (TPSA) is 65.1 Å². The molecule has 6 nitrogen and oxygen atoms in total. The van der Waals surface area contributed by atoms with Crippen molar-refractivity contribution < 1.29 is 28.2 Å². The Kier molecular flexibility index (Phi) is 5.69. The highest BCUT2D eigenvalue weighted by atomic mass is 19.1. The van der Waals surface area contributed by atoms with Crippen molar-refractivity contribution in [2.75, 3.05) is 39.5 Å². The summed E-state index contributed by atoms with van der Waals surface area (Å²) in [6.07, 6.45) is 1.16. The number of ketones is 2. The second-order valence-electron chi connectivity index (χ2n) is 6.74. The minimum Gasteiger partial charge on any atom is -0.491 e. The normalized spacial score (nSPS) is 16.9. The summed E-state index contributed by atoms with van der Waals surface area (Å²) in [7, 11) is 0. The van der Waals surface area contributed by atoms with Crippen molar-refractivity contribution in [1.82, 2.24) is 4.90 Å². The maximum Gasteiger partial charge on any atom is 0.229 e. The van der Waals surface area contributed by atoms with Gasteiger partial charge in [-0.15, -0.1) is 0 Å². The maximum absolute atomic E-state index is 13.1. The number of ether oxygens (including phenoxy) is 3. The number of Topliss-reactive ketones (excluding diaryl/α,β-unsaturated/α-hetero) is 1. The number of allylic oxidation sites excluding steroid dienone is 2. The van der Waals surface area contributed by atoms with Crippen molar-refractivity contribution in [2.45, 2.75) is 0 Å². The van der Waals surface area contributed by atoms with Gasteiger partial charge in [-0.05, 0) is 36.4 Å². The lowest BCUT2D eigenvalue weighted by atomic mass is 9.92. The van der Waals surface area contributed by atoms with Crippen LogP contribution in [-0.2, 0) is 4.74 Å². The number of halogens is 1. The second-order valence-corrected chi connectivity index (χ2v) is 6.74. The van der Waals surface area contributed by atoms with Crippen molar-refractivity contribution in [1.29, 1.82) is 0 Å². The van der Waals surface area contributed by atoms with Crippen LogP contribution in [-0.4, -0.2) is 55.9 Å². The van der Waals surface area contributed by atoms with Crippen LogP contribution in [0.15, 0.2) is 54.3 Å². The molecule has 0 amide bonds. The van der Waals surface area contributed by atoms with Crippen LogP contribution in [0.4, 0.5) is 4.39 Å². The Morgan fingerprint density at radius 3 is 2.55 bits per heavy atom. The van der Waals surface area contributed by atoms with Crippen LogP contribution in [0, 0.1) is 5.82 Å². The fourth-order valence-corrected chi connectivity index (χ4v) is 3.30. The third-order valence-electron chi connectivity index (χ3n) is 4.81. The first-order valence-corrected chi connectivity index (χ1v) is 9.42. The lowest BCUT2D eigenvalue weighted by molar-refractivity contribution is 0.0322. The van der Waals surface area contributed by atoms with Crippen molar-refractivity contribution in [2.24, 2.45) is 0 Å². The average molecular weight is 397 g/mol. The first-order valence-electron chi connectivity index (χ1n) is 9.42. The van der Waals surface area contributed by atoms with E-state index in [1.807, 2.05) is 0 Å². The number of fused-ring (bicyclic) bond motifs is 1. The molecule has 2 aromatic rings. The van der Waals surface area contributed by atoms with E-state index in [0.29, 0.717) is 32.1 Å². The summed E-state index contributed by atoms with van der Waals surface area (Å²) >= 11 is 0. The highest BCUT2D eigenvalue weighted by Gasteiger charge is 2.30. The first kappa shape index (κ1) is 19.3. The van der Waals surface area contributed by atoms with Gasteiger partial charge in [-0.25, -0.2) is 4.39 Å². The molecule has 2 aliphatic rings. The van der Waals surface area contributed by atoms with Gasteiger partial charge in [-0.2, -0.15) is 0 Å². The third kappa shape index (κ3) is 4.36. The summed E-state index contributed by atoms with van der Waals surface area (Å²) in [4.78, 5) is 27.7. The Morgan fingerprint density at radius 2 is 1.79 bits per heavy atom. The molecule has 4 rings (SSSR count). The summed E-state index contributed by atoms with van der Waals surface area (Å²) in [5.74, 6) is -0.631. The molecule has 1 aliphatic heterocycles.